The van der Waals surface area contributed by atoms with E-state index >= 15 is 8.78 Å². The van der Waals surface area contributed by atoms with Gasteiger partial charge in [-0.3, -0.25) is 0 Å². The minimum Gasteiger partial charge on any atom is -0.744 e. The van der Waals surface area contributed by atoms with E-state index in [9.17, 15) is 21.8 Å². The summed E-state index contributed by atoms with van der Waals surface area (Å²) in [7, 11) is -5.89. The lowest BCUT2D eigenvalue weighted by molar-refractivity contribution is 0.346. The molecular formula is C32H17F4O4S-. The van der Waals surface area contributed by atoms with Gasteiger partial charge in [-0.25, -0.2) is 17.2 Å². The molecule has 41 heavy (non-hydrogen) atoms. The Hall–Kier alpha value is -4.73. The molecule has 204 valence electrons. The van der Waals surface area contributed by atoms with Gasteiger partial charge in [-0.1, -0.05) is 103 Å². The second-order valence-corrected chi connectivity index (χ2v) is 10.5. The number of rotatable bonds is 5. The van der Waals surface area contributed by atoms with Crippen LogP contribution in [0, 0.1) is 23.3 Å². The molecule has 9 heteroatoms. The van der Waals surface area contributed by atoms with Gasteiger partial charge in [-0.15, -0.1) is 0 Å². The largest absolute Gasteiger partial charge is 0.744 e. The molecule has 0 aromatic heterocycles. The van der Waals surface area contributed by atoms with E-state index in [-0.39, 0.29) is 5.75 Å². The van der Waals surface area contributed by atoms with Gasteiger partial charge in [0.2, 0.25) is 17.4 Å². The third kappa shape index (κ3) is 4.49. The molecule has 0 saturated heterocycles. The second kappa shape index (κ2) is 10.0. The highest BCUT2D eigenvalue weighted by Gasteiger charge is 2.31. The highest BCUT2D eigenvalue weighted by atomic mass is 32.2. The van der Waals surface area contributed by atoms with E-state index in [0.717, 1.165) is 21.5 Å². The Balaban J connectivity index is 1.69. The molecule has 0 heterocycles. The van der Waals surface area contributed by atoms with E-state index in [2.05, 4.69) is 0 Å². The first-order valence-corrected chi connectivity index (χ1v) is 13.7. The Morgan fingerprint density at radius 3 is 1.34 bits per heavy atom. The molecule has 0 unspecified atom stereocenters. The van der Waals surface area contributed by atoms with E-state index < -0.39 is 44.0 Å². The molecule has 4 nitrogen and oxygen atoms in total. The van der Waals surface area contributed by atoms with Gasteiger partial charge in [0.05, 0.1) is 0 Å². The van der Waals surface area contributed by atoms with Gasteiger partial charge in [0.25, 0.3) is 0 Å². The van der Waals surface area contributed by atoms with Crippen LogP contribution in [0.2, 0.25) is 0 Å². The van der Waals surface area contributed by atoms with Crippen molar-refractivity contribution >= 4 is 31.7 Å². The lowest BCUT2D eigenvalue weighted by Crippen LogP contribution is -2.11. The molecule has 0 aliphatic carbocycles. The minimum absolute atomic E-state index is 0.144. The van der Waals surface area contributed by atoms with Crippen molar-refractivity contribution in [2.75, 3.05) is 0 Å². The molecule has 0 N–H and O–H groups in total. The van der Waals surface area contributed by atoms with Crippen molar-refractivity contribution in [2.24, 2.45) is 0 Å². The van der Waals surface area contributed by atoms with Gasteiger partial charge in [0.1, 0.15) is 20.8 Å². The summed E-state index contributed by atoms with van der Waals surface area (Å²) in [6.45, 7) is 0. The molecule has 0 amide bonds. The van der Waals surface area contributed by atoms with E-state index in [1.165, 1.54) is 0 Å². The third-order valence-corrected chi connectivity index (χ3v) is 7.67. The first kappa shape index (κ1) is 26.5. The maximum Gasteiger partial charge on any atom is 0.205 e. The molecular weight excluding hydrogens is 556 g/mol. The summed E-state index contributed by atoms with van der Waals surface area (Å²) in [6.07, 6.45) is 0. The van der Waals surface area contributed by atoms with Gasteiger partial charge in [-0.05, 0) is 32.7 Å². The fraction of sp³-hybridized carbons (Fsp3) is 0. The maximum absolute atomic E-state index is 15.2. The molecule has 0 aliphatic heterocycles. The predicted molar refractivity (Wildman–Crippen MR) is 147 cm³/mol. The summed E-state index contributed by atoms with van der Waals surface area (Å²) in [5.74, 6) is -10.7. The van der Waals surface area contributed by atoms with Gasteiger partial charge in [0.15, 0.2) is 11.6 Å². The maximum atomic E-state index is 15.2. The van der Waals surface area contributed by atoms with Crippen molar-refractivity contribution in [3.8, 4) is 33.8 Å². The van der Waals surface area contributed by atoms with Crippen LogP contribution < -0.4 is 4.74 Å². The molecule has 0 aliphatic rings. The average molecular weight is 574 g/mol. The van der Waals surface area contributed by atoms with Crippen LogP contribution in [0.3, 0.4) is 0 Å². The highest BCUT2D eigenvalue weighted by molar-refractivity contribution is 7.85. The molecule has 6 aromatic carbocycles. The Morgan fingerprint density at radius 1 is 0.488 bits per heavy atom. The normalized spacial score (nSPS) is 11.7. The molecule has 0 bridgehead atoms. The Labute approximate surface area is 231 Å². The predicted octanol–water partition coefficient (Wildman–Crippen LogP) is 8.58. The zero-order chi connectivity index (χ0) is 28.9. The van der Waals surface area contributed by atoms with E-state index in [1.807, 2.05) is 60.7 Å². The van der Waals surface area contributed by atoms with E-state index in [0.29, 0.717) is 22.3 Å². The average Bonchev–Trinajstić information content (AvgIpc) is 2.97. The van der Waals surface area contributed by atoms with Crippen LogP contribution in [0.25, 0.3) is 43.8 Å². The second-order valence-electron chi connectivity index (χ2n) is 9.21. The van der Waals surface area contributed by atoms with Gasteiger partial charge in [0, 0.05) is 11.1 Å². The monoisotopic (exact) mass is 573 g/mol. The Kier molecular flexibility index (Phi) is 6.48. The number of hydrogen-bond acceptors (Lipinski definition) is 4. The number of benzene rings is 6. The van der Waals surface area contributed by atoms with Gasteiger partial charge >= 0.3 is 0 Å². The van der Waals surface area contributed by atoms with Crippen LogP contribution in [0.5, 0.6) is 11.5 Å². The van der Waals surface area contributed by atoms with Gasteiger partial charge < -0.3 is 9.29 Å². The third-order valence-electron chi connectivity index (χ3n) is 6.81. The summed E-state index contributed by atoms with van der Waals surface area (Å²) in [5, 5.41) is 3.24. The summed E-state index contributed by atoms with van der Waals surface area (Å²) < 4.78 is 99.6. The fourth-order valence-corrected chi connectivity index (χ4v) is 5.61. The number of halogens is 4. The van der Waals surface area contributed by atoms with E-state index in [4.69, 9.17) is 4.74 Å². The van der Waals surface area contributed by atoms with Crippen LogP contribution in [0.15, 0.2) is 108 Å². The zero-order valence-corrected chi connectivity index (χ0v) is 21.7. The Morgan fingerprint density at radius 2 is 0.878 bits per heavy atom. The Bertz CT molecular complexity index is 1970. The van der Waals surface area contributed by atoms with Crippen LogP contribution in [0.1, 0.15) is 0 Å². The zero-order valence-electron chi connectivity index (χ0n) is 20.9. The van der Waals surface area contributed by atoms with Crippen LogP contribution >= 0.6 is 0 Å². The molecule has 6 aromatic rings. The summed E-state index contributed by atoms with van der Waals surface area (Å²) in [5.41, 5.74) is 1.88. The smallest absolute Gasteiger partial charge is 0.205 e. The summed E-state index contributed by atoms with van der Waals surface area (Å²) >= 11 is 0. The molecule has 0 saturated carbocycles. The number of fused-ring (bicyclic) bond motifs is 2. The summed E-state index contributed by atoms with van der Waals surface area (Å²) in [4.78, 5) is -2.25. The first-order valence-electron chi connectivity index (χ1n) is 12.3. The van der Waals surface area contributed by atoms with Crippen LogP contribution in [-0.2, 0) is 10.1 Å². The summed E-state index contributed by atoms with van der Waals surface area (Å²) in [6, 6.07) is 30.5. The van der Waals surface area contributed by atoms with Crippen molar-refractivity contribution in [1.82, 2.24) is 0 Å². The van der Waals surface area contributed by atoms with Crippen molar-refractivity contribution < 1.29 is 35.3 Å². The van der Waals surface area contributed by atoms with Crippen LogP contribution in [0.4, 0.5) is 17.6 Å². The van der Waals surface area contributed by atoms with Crippen molar-refractivity contribution in [3.05, 3.63) is 126 Å². The molecule has 6 rings (SSSR count). The van der Waals surface area contributed by atoms with E-state index in [1.54, 1.807) is 42.5 Å². The fourth-order valence-electron chi connectivity index (χ4n) is 4.99. The SMILES string of the molecule is O=S(=O)([O-])c1c(F)c(F)c(Oc2c(-c3cccc4ccccc34)cccc2-c2cccc3ccccc23)c(F)c1F. The standard InChI is InChI=1S/C32H18F4O4S/c33-26-28(35)32(41(37,38)39)29(36)27(34)31(26)40-30-24(22-14-5-10-18-8-1-3-12-20(18)22)16-7-17-25(30)23-15-6-11-19-9-2-4-13-21(19)23/h1-17H,(H,37,38,39)/p-1. The molecule has 0 spiro atoms. The number of ether oxygens (including phenoxy) is 1. The number of para-hydroxylation sites is 1. The van der Waals surface area contributed by atoms with Crippen molar-refractivity contribution in [3.63, 3.8) is 0 Å². The quantitative estimate of drug-likeness (QED) is 0.118. The molecule has 0 radical (unpaired) electrons. The topological polar surface area (TPSA) is 66.4 Å². The minimum atomic E-state index is -5.89. The van der Waals surface area contributed by atoms with Gasteiger partial charge in [-0.2, -0.15) is 8.78 Å². The van der Waals surface area contributed by atoms with Crippen molar-refractivity contribution in [2.45, 2.75) is 4.90 Å². The van der Waals surface area contributed by atoms with Crippen molar-refractivity contribution in [1.29, 1.82) is 0 Å². The first-order chi connectivity index (χ1) is 19.7. The molecule has 0 atom stereocenters. The van der Waals surface area contributed by atoms with Crippen LogP contribution in [-0.4, -0.2) is 13.0 Å². The highest BCUT2D eigenvalue weighted by Crippen LogP contribution is 2.46. The molecule has 0 fully saturated rings. The lowest BCUT2D eigenvalue weighted by Gasteiger charge is -2.20. The number of hydrogen-bond donors (Lipinski definition) is 0. The lowest BCUT2D eigenvalue weighted by atomic mass is 9.92.